The molecule has 3 aromatic carbocycles. The number of imidazole rings is 1. The van der Waals surface area contributed by atoms with Gasteiger partial charge in [-0.1, -0.05) is 6.07 Å². The second kappa shape index (κ2) is 8.61. The van der Waals surface area contributed by atoms with Crippen molar-refractivity contribution in [2.24, 2.45) is 4.99 Å². The molecule has 3 heterocycles. The summed E-state index contributed by atoms with van der Waals surface area (Å²) >= 11 is 0. The van der Waals surface area contributed by atoms with Gasteiger partial charge in [0.2, 0.25) is 0 Å². The van der Waals surface area contributed by atoms with E-state index in [9.17, 15) is 0 Å². The van der Waals surface area contributed by atoms with Gasteiger partial charge in [-0.25, -0.2) is 4.98 Å². The fraction of sp³-hybridized carbons (Fsp3) is 0.286. The molecule has 6 rings (SSSR count). The lowest BCUT2D eigenvalue weighted by atomic mass is 10.0. The van der Waals surface area contributed by atoms with Crippen molar-refractivity contribution in [2.75, 3.05) is 44.7 Å². The van der Waals surface area contributed by atoms with Gasteiger partial charge < -0.3 is 19.5 Å². The Bertz CT molecular complexity index is 1360. The van der Waals surface area contributed by atoms with Crippen LogP contribution in [0.2, 0.25) is 0 Å². The van der Waals surface area contributed by atoms with Gasteiger partial charge in [0.15, 0.2) is 0 Å². The molecule has 0 amide bonds. The SMILES string of the molecule is CCOc1ccc(-c2nc3ccc(C4=Nc5ccc(N6CCN(C)CC6)cc5C4)cc3[nH]2)cc1. The molecule has 0 radical (unpaired) electrons. The van der Waals surface area contributed by atoms with Crippen LogP contribution in [0.3, 0.4) is 0 Å². The largest absolute Gasteiger partial charge is 0.494 e. The van der Waals surface area contributed by atoms with Crippen LogP contribution in [-0.4, -0.2) is 60.4 Å². The number of H-pyrrole nitrogens is 1. The van der Waals surface area contributed by atoms with Crippen LogP contribution in [0, 0.1) is 0 Å². The lowest BCUT2D eigenvalue weighted by Crippen LogP contribution is -2.44. The van der Waals surface area contributed by atoms with Gasteiger partial charge in [-0.2, -0.15) is 0 Å². The summed E-state index contributed by atoms with van der Waals surface area (Å²) in [4.78, 5) is 18.1. The highest BCUT2D eigenvalue weighted by atomic mass is 16.5. The Morgan fingerprint density at radius 1 is 0.912 bits per heavy atom. The molecule has 34 heavy (non-hydrogen) atoms. The van der Waals surface area contributed by atoms with E-state index in [1.54, 1.807) is 0 Å². The van der Waals surface area contributed by atoms with Gasteiger partial charge in [-0.3, -0.25) is 4.99 Å². The van der Waals surface area contributed by atoms with E-state index in [2.05, 4.69) is 58.2 Å². The molecule has 6 nitrogen and oxygen atoms in total. The fourth-order valence-electron chi connectivity index (χ4n) is 4.82. The van der Waals surface area contributed by atoms with Gasteiger partial charge in [-0.15, -0.1) is 0 Å². The van der Waals surface area contributed by atoms with Crippen LogP contribution in [0.25, 0.3) is 22.4 Å². The highest BCUT2D eigenvalue weighted by Gasteiger charge is 2.20. The minimum atomic E-state index is 0.664. The molecule has 1 saturated heterocycles. The van der Waals surface area contributed by atoms with Crippen molar-refractivity contribution in [3.8, 4) is 17.1 Å². The molecule has 0 bridgehead atoms. The highest BCUT2D eigenvalue weighted by molar-refractivity contribution is 6.08. The van der Waals surface area contributed by atoms with E-state index >= 15 is 0 Å². The van der Waals surface area contributed by atoms with Crippen molar-refractivity contribution in [1.82, 2.24) is 14.9 Å². The van der Waals surface area contributed by atoms with Crippen molar-refractivity contribution in [3.63, 3.8) is 0 Å². The number of anilines is 1. The number of piperazine rings is 1. The number of ether oxygens (including phenoxy) is 1. The molecule has 0 saturated carbocycles. The van der Waals surface area contributed by atoms with E-state index in [4.69, 9.17) is 14.7 Å². The molecule has 1 fully saturated rings. The van der Waals surface area contributed by atoms with E-state index in [0.29, 0.717) is 6.61 Å². The first-order valence-electron chi connectivity index (χ1n) is 12.0. The summed E-state index contributed by atoms with van der Waals surface area (Å²) in [5.41, 5.74) is 9.00. The summed E-state index contributed by atoms with van der Waals surface area (Å²) in [7, 11) is 2.19. The molecule has 172 valence electrons. The highest BCUT2D eigenvalue weighted by Crippen LogP contribution is 2.33. The van der Waals surface area contributed by atoms with Crippen molar-refractivity contribution in [3.05, 3.63) is 71.8 Å². The number of hydrogen-bond donors (Lipinski definition) is 1. The Morgan fingerprint density at radius 2 is 1.71 bits per heavy atom. The Morgan fingerprint density at radius 3 is 2.50 bits per heavy atom. The first-order chi connectivity index (χ1) is 16.7. The van der Waals surface area contributed by atoms with Crippen molar-refractivity contribution < 1.29 is 4.74 Å². The van der Waals surface area contributed by atoms with Crippen molar-refractivity contribution in [1.29, 1.82) is 0 Å². The fourth-order valence-corrected chi connectivity index (χ4v) is 4.82. The van der Waals surface area contributed by atoms with Gasteiger partial charge in [0.05, 0.1) is 29.0 Å². The maximum absolute atomic E-state index is 5.55. The number of hydrogen-bond acceptors (Lipinski definition) is 5. The number of nitrogens with zero attached hydrogens (tertiary/aromatic N) is 4. The number of aromatic amines is 1. The second-order valence-electron chi connectivity index (χ2n) is 9.11. The van der Waals surface area contributed by atoms with Crippen LogP contribution >= 0.6 is 0 Å². The van der Waals surface area contributed by atoms with E-state index in [1.807, 2.05) is 31.2 Å². The minimum Gasteiger partial charge on any atom is -0.494 e. The second-order valence-corrected chi connectivity index (χ2v) is 9.11. The van der Waals surface area contributed by atoms with Gasteiger partial charge in [0, 0.05) is 43.9 Å². The van der Waals surface area contributed by atoms with Gasteiger partial charge in [0.1, 0.15) is 11.6 Å². The van der Waals surface area contributed by atoms with Gasteiger partial charge in [-0.05, 0) is 79.7 Å². The average Bonchev–Trinajstić information content (AvgIpc) is 3.48. The zero-order chi connectivity index (χ0) is 23.1. The number of aromatic nitrogens is 2. The van der Waals surface area contributed by atoms with E-state index in [-0.39, 0.29) is 0 Å². The first kappa shape index (κ1) is 20.9. The third kappa shape index (κ3) is 3.94. The number of rotatable bonds is 5. The number of fused-ring (bicyclic) bond motifs is 2. The number of nitrogens with one attached hydrogen (secondary N) is 1. The zero-order valence-corrected chi connectivity index (χ0v) is 19.7. The van der Waals surface area contributed by atoms with Crippen LogP contribution in [0.5, 0.6) is 5.75 Å². The Balaban J connectivity index is 1.22. The van der Waals surface area contributed by atoms with Crippen LogP contribution in [-0.2, 0) is 6.42 Å². The molecule has 2 aliphatic heterocycles. The number of likely N-dealkylation sites (N-methyl/N-ethyl adjacent to an activating group) is 1. The molecule has 4 aromatic rings. The van der Waals surface area contributed by atoms with Crippen molar-refractivity contribution >= 4 is 28.1 Å². The molecular weight excluding hydrogens is 422 g/mol. The molecule has 0 atom stereocenters. The minimum absolute atomic E-state index is 0.664. The van der Waals surface area contributed by atoms with E-state index < -0.39 is 0 Å². The Hall–Kier alpha value is -3.64. The smallest absolute Gasteiger partial charge is 0.138 e. The quantitative estimate of drug-likeness (QED) is 0.461. The molecule has 6 heteroatoms. The maximum Gasteiger partial charge on any atom is 0.138 e. The molecule has 2 aliphatic rings. The average molecular weight is 452 g/mol. The van der Waals surface area contributed by atoms with E-state index in [0.717, 1.165) is 77.7 Å². The molecule has 1 aromatic heterocycles. The Kier molecular flexibility index (Phi) is 5.30. The van der Waals surface area contributed by atoms with Gasteiger partial charge in [0.25, 0.3) is 0 Å². The first-order valence-corrected chi connectivity index (χ1v) is 12.0. The van der Waals surface area contributed by atoms with Crippen LogP contribution < -0.4 is 9.64 Å². The summed E-state index contributed by atoms with van der Waals surface area (Å²) < 4.78 is 5.55. The van der Waals surface area contributed by atoms with E-state index in [1.165, 1.54) is 11.3 Å². The zero-order valence-electron chi connectivity index (χ0n) is 19.7. The Labute approximate surface area is 199 Å². The van der Waals surface area contributed by atoms with Crippen LogP contribution in [0.1, 0.15) is 18.1 Å². The van der Waals surface area contributed by atoms with Crippen LogP contribution in [0.4, 0.5) is 11.4 Å². The summed E-state index contributed by atoms with van der Waals surface area (Å²) in [5.74, 6) is 1.74. The standard InChI is InChI=1S/C28H29N5O/c1-3-34-23-8-4-19(5-9-23)28-30-25-10-6-20(17-27(25)31-28)26-18-21-16-22(7-11-24(21)29-26)33-14-12-32(2)13-15-33/h4-11,16-17H,3,12-15,18H2,1-2H3,(H,30,31). The normalized spacial score (nSPS) is 16.1. The maximum atomic E-state index is 5.55. The predicted octanol–water partition coefficient (Wildman–Crippen LogP) is 5.06. The summed E-state index contributed by atoms with van der Waals surface area (Å²) in [6.45, 7) is 7.04. The van der Waals surface area contributed by atoms with Crippen molar-refractivity contribution in [2.45, 2.75) is 13.3 Å². The lowest BCUT2D eigenvalue weighted by Gasteiger charge is -2.34. The summed E-state index contributed by atoms with van der Waals surface area (Å²) in [6.07, 6.45) is 0.863. The third-order valence-electron chi connectivity index (χ3n) is 6.80. The molecule has 0 unspecified atom stereocenters. The topological polar surface area (TPSA) is 56.8 Å². The molecular formula is C28H29N5O. The molecule has 0 spiro atoms. The third-order valence-corrected chi connectivity index (χ3v) is 6.80. The molecule has 1 N–H and O–H groups in total. The van der Waals surface area contributed by atoms with Gasteiger partial charge >= 0.3 is 0 Å². The predicted molar refractivity (Wildman–Crippen MR) is 139 cm³/mol. The summed E-state index contributed by atoms with van der Waals surface area (Å²) in [5, 5.41) is 0. The lowest BCUT2D eigenvalue weighted by molar-refractivity contribution is 0.313. The molecule has 0 aliphatic carbocycles. The van der Waals surface area contributed by atoms with Crippen LogP contribution in [0.15, 0.2) is 65.7 Å². The monoisotopic (exact) mass is 451 g/mol. The number of aliphatic imine (C=N–C) groups is 1. The number of benzene rings is 3. The summed E-state index contributed by atoms with van der Waals surface area (Å²) in [6, 6.07) is 21.2.